The van der Waals surface area contributed by atoms with E-state index < -0.39 is 0 Å². The van der Waals surface area contributed by atoms with E-state index in [9.17, 15) is 4.79 Å². The Balaban J connectivity index is 1.48. The normalized spacial score (nSPS) is 15.0. The summed E-state index contributed by atoms with van der Waals surface area (Å²) in [5.74, 6) is 1.67. The van der Waals surface area contributed by atoms with E-state index in [0.29, 0.717) is 30.3 Å². The first-order valence-corrected chi connectivity index (χ1v) is 10.9. The van der Waals surface area contributed by atoms with Crippen LogP contribution in [0.1, 0.15) is 34.6 Å². The number of fused-ring (bicyclic) bond motifs is 1. The van der Waals surface area contributed by atoms with E-state index in [-0.39, 0.29) is 11.8 Å². The van der Waals surface area contributed by atoms with Gasteiger partial charge in [-0.1, -0.05) is 60.7 Å². The standard InChI is InChI=1S/C27H25N3O3/c1-17-8-6-7-11-20(17)16-33-22-13-12-19(14-23(22)32-2)21-15-24(31)28-27-25(21)26(29-30-27)18-9-4-3-5-10-18/h3-14,21H,15-16H2,1-2H3,(H2,28,29,30,31). The number of aromatic nitrogens is 2. The lowest BCUT2D eigenvalue weighted by molar-refractivity contribution is -0.116. The molecule has 1 aliphatic rings. The zero-order chi connectivity index (χ0) is 22.8. The third kappa shape index (κ3) is 4.07. The Morgan fingerprint density at radius 2 is 1.79 bits per heavy atom. The minimum absolute atomic E-state index is 0.0579. The highest BCUT2D eigenvalue weighted by molar-refractivity contribution is 5.96. The molecule has 5 rings (SSSR count). The molecule has 1 amide bonds. The number of H-pyrrole nitrogens is 1. The van der Waals surface area contributed by atoms with Crippen LogP contribution in [0.3, 0.4) is 0 Å². The minimum Gasteiger partial charge on any atom is -0.493 e. The summed E-state index contributed by atoms with van der Waals surface area (Å²) >= 11 is 0. The lowest BCUT2D eigenvalue weighted by atomic mass is 9.84. The maximum Gasteiger partial charge on any atom is 0.226 e. The number of aromatic amines is 1. The number of carbonyl (C=O) groups excluding carboxylic acids is 1. The Labute approximate surface area is 192 Å². The van der Waals surface area contributed by atoms with Crippen molar-refractivity contribution >= 4 is 11.7 Å². The Kier molecular flexibility index (Phi) is 5.57. The summed E-state index contributed by atoms with van der Waals surface area (Å²) in [4.78, 5) is 12.4. The fourth-order valence-corrected chi connectivity index (χ4v) is 4.31. The van der Waals surface area contributed by atoms with Crippen LogP contribution in [0.25, 0.3) is 11.3 Å². The largest absolute Gasteiger partial charge is 0.493 e. The van der Waals surface area contributed by atoms with Gasteiger partial charge in [0, 0.05) is 17.9 Å². The number of carbonyl (C=O) groups is 1. The first-order valence-electron chi connectivity index (χ1n) is 10.9. The van der Waals surface area contributed by atoms with Crippen LogP contribution >= 0.6 is 0 Å². The van der Waals surface area contributed by atoms with Gasteiger partial charge in [0.2, 0.25) is 5.91 Å². The molecule has 0 bridgehead atoms. The molecule has 0 saturated heterocycles. The first kappa shape index (κ1) is 20.8. The second kappa shape index (κ2) is 8.82. The molecule has 6 nitrogen and oxygen atoms in total. The summed E-state index contributed by atoms with van der Waals surface area (Å²) in [5, 5.41) is 10.4. The number of rotatable bonds is 6. The molecule has 6 heteroatoms. The van der Waals surface area contributed by atoms with Crippen LogP contribution in [0, 0.1) is 6.92 Å². The summed E-state index contributed by atoms with van der Waals surface area (Å²) < 4.78 is 11.7. The van der Waals surface area contributed by atoms with Crippen LogP contribution in [0.2, 0.25) is 0 Å². The number of ether oxygens (including phenoxy) is 2. The third-order valence-electron chi connectivity index (χ3n) is 6.10. The monoisotopic (exact) mass is 439 g/mol. The number of benzene rings is 3. The SMILES string of the molecule is COc1cc(C2CC(=O)Nc3n[nH]c(-c4ccccc4)c32)ccc1OCc1ccccc1C. The number of hydrogen-bond donors (Lipinski definition) is 2. The van der Waals surface area contributed by atoms with E-state index in [1.807, 2.05) is 60.7 Å². The van der Waals surface area contributed by atoms with Gasteiger partial charge in [-0.2, -0.15) is 5.10 Å². The number of aryl methyl sites for hydroxylation is 1. The molecule has 0 fully saturated rings. The fourth-order valence-electron chi connectivity index (χ4n) is 4.31. The van der Waals surface area contributed by atoms with Gasteiger partial charge in [0.05, 0.1) is 12.8 Å². The van der Waals surface area contributed by atoms with Gasteiger partial charge in [-0.25, -0.2) is 0 Å². The molecular formula is C27H25N3O3. The molecule has 0 radical (unpaired) electrons. The molecule has 1 aromatic heterocycles. The lowest BCUT2D eigenvalue weighted by Crippen LogP contribution is -2.23. The maximum atomic E-state index is 12.4. The van der Waals surface area contributed by atoms with E-state index in [4.69, 9.17) is 9.47 Å². The van der Waals surface area contributed by atoms with Gasteiger partial charge in [-0.3, -0.25) is 9.89 Å². The van der Waals surface area contributed by atoms with Gasteiger partial charge in [0.25, 0.3) is 0 Å². The van der Waals surface area contributed by atoms with E-state index >= 15 is 0 Å². The molecule has 1 atom stereocenters. The molecule has 2 N–H and O–H groups in total. The molecular weight excluding hydrogens is 414 g/mol. The summed E-state index contributed by atoms with van der Waals surface area (Å²) in [6, 6.07) is 24.1. The highest BCUT2D eigenvalue weighted by Crippen LogP contribution is 2.43. The molecule has 0 saturated carbocycles. The predicted molar refractivity (Wildman–Crippen MR) is 128 cm³/mol. The number of methoxy groups -OCH3 is 1. The highest BCUT2D eigenvalue weighted by atomic mass is 16.5. The van der Waals surface area contributed by atoms with Crippen LogP contribution < -0.4 is 14.8 Å². The van der Waals surface area contributed by atoms with Crippen molar-refractivity contribution in [2.75, 3.05) is 12.4 Å². The molecule has 0 spiro atoms. The van der Waals surface area contributed by atoms with Gasteiger partial charge in [-0.15, -0.1) is 0 Å². The van der Waals surface area contributed by atoms with Crippen molar-refractivity contribution in [3.8, 4) is 22.8 Å². The summed E-state index contributed by atoms with van der Waals surface area (Å²) in [6.45, 7) is 2.53. The molecule has 1 aliphatic heterocycles. The quantitative estimate of drug-likeness (QED) is 0.419. The highest BCUT2D eigenvalue weighted by Gasteiger charge is 2.32. The maximum absolute atomic E-state index is 12.4. The van der Waals surface area contributed by atoms with Gasteiger partial charge in [0.15, 0.2) is 17.3 Å². The van der Waals surface area contributed by atoms with E-state index in [1.54, 1.807) is 7.11 Å². The Hall–Kier alpha value is -4.06. The Morgan fingerprint density at radius 1 is 1.00 bits per heavy atom. The molecule has 0 aliphatic carbocycles. The van der Waals surface area contributed by atoms with Crippen molar-refractivity contribution in [1.82, 2.24) is 10.2 Å². The summed E-state index contributed by atoms with van der Waals surface area (Å²) in [5.41, 5.74) is 6.21. The second-order valence-electron chi connectivity index (χ2n) is 8.16. The van der Waals surface area contributed by atoms with Crippen molar-refractivity contribution in [1.29, 1.82) is 0 Å². The fraction of sp³-hybridized carbons (Fsp3) is 0.185. The first-order chi connectivity index (χ1) is 16.1. The Bertz CT molecular complexity index is 1300. The van der Waals surface area contributed by atoms with Crippen molar-refractivity contribution in [3.05, 3.63) is 95.1 Å². The van der Waals surface area contributed by atoms with Crippen LogP contribution in [-0.4, -0.2) is 23.2 Å². The Morgan fingerprint density at radius 3 is 2.58 bits per heavy atom. The number of nitrogens with one attached hydrogen (secondary N) is 2. The molecule has 4 aromatic rings. The van der Waals surface area contributed by atoms with Crippen molar-refractivity contribution in [2.45, 2.75) is 25.9 Å². The van der Waals surface area contributed by atoms with Gasteiger partial charge < -0.3 is 14.8 Å². The molecule has 3 aromatic carbocycles. The molecule has 1 unspecified atom stereocenters. The van der Waals surface area contributed by atoms with Crippen LogP contribution in [0.5, 0.6) is 11.5 Å². The van der Waals surface area contributed by atoms with Crippen LogP contribution in [-0.2, 0) is 11.4 Å². The number of nitrogens with zero attached hydrogens (tertiary/aromatic N) is 1. The topological polar surface area (TPSA) is 76.2 Å². The van der Waals surface area contributed by atoms with Crippen LogP contribution in [0.4, 0.5) is 5.82 Å². The molecule has 2 heterocycles. The van der Waals surface area contributed by atoms with E-state index in [1.165, 1.54) is 5.56 Å². The summed E-state index contributed by atoms with van der Waals surface area (Å²) in [7, 11) is 1.63. The van der Waals surface area contributed by atoms with Gasteiger partial charge in [-0.05, 0) is 41.3 Å². The zero-order valence-electron chi connectivity index (χ0n) is 18.6. The van der Waals surface area contributed by atoms with Crippen molar-refractivity contribution < 1.29 is 14.3 Å². The minimum atomic E-state index is -0.151. The van der Waals surface area contributed by atoms with Crippen molar-refractivity contribution in [2.24, 2.45) is 0 Å². The van der Waals surface area contributed by atoms with E-state index in [0.717, 1.165) is 27.9 Å². The van der Waals surface area contributed by atoms with Crippen LogP contribution in [0.15, 0.2) is 72.8 Å². The number of hydrogen-bond acceptors (Lipinski definition) is 4. The summed E-state index contributed by atoms with van der Waals surface area (Å²) in [6.07, 6.45) is 0.332. The van der Waals surface area contributed by atoms with Gasteiger partial charge >= 0.3 is 0 Å². The zero-order valence-corrected chi connectivity index (χ0v) is 18.6. The van der Waals surface area contributed by atoms with Gasteiger partial charge in [0.1, 0.15) is 6.61 Å². The van der Waals surface area contributed by atoms with Crippen molar-refractivity contribution in [3.63, 3.8) is 0 Å². The van der Waals surface area contributed by atoms with E-state index in [2.05, 4.69) is 34.6 Å². The average molecular weight is 440 g/mol. The average Bonchev–Trinajstić information content (AvgIpc) is 3.27. The lowest BCUT2D eigenvalue weighted by Gasteiger charge is -2.24. The smallest absolute Gasteiger partial charge is 0.226 e. The molecule has 33 heavy (non-hydrogen) atoms. The number of anilines is 1. The third-order valence-corrected chi connectivity index (χ3v) is 6.10. The second-order valence-corrected chi connectivity index (χ2v) is 8.16. The predicted octanol–water partition coefficient (Wildman–Crippen LogP) is 5.45. The number of amides is 1. The molecule has 166 valence electrons.